The summed E-state index contributed by atoms with van der Waals surface area (Å²) in [6.45, 7) is 0.960. The third-order valence-corrected chi connectivity index (χ3v) is 3.55. The van der Waals surface area contributed by atoms with Gasteiger partial charge >= 0.3 is 0 Å². The van der Waals surface area contributed by atoms with E-state index in [1.165, 1.54) is 21.7 Å². The minimum atomic E-state index is 0.960. The van der Waals surface area contributed by atoms with Crippen LogP contribution < -0.4 is 5.32 Å². The third-order valence-electron chi connectivity index (χ3n) is 2.55. The van der Waals surface area contributed by atoms with Crippen LogP contribution in [0.1, 0.15) is 12.0 Å². The SMILES string of the molecule is C1=CSC2=C(C1)c1cnccc1NC2. The van der Waals surface area contributed by atoms with Gasteiger partial charge in [-0.1, -0.05) is 6.08 Å². The number of nitrogens with zero attached hydrogens (tertiary/aromatic N) is 1. The van der Waals surface area contributed by atoms with Gasteiger partial charge in [-0.25, -0.2) is 0 Å². The zero-order valence-electron chi connectivity index (χ0n) is 7.66. The van der Waals surface area contributed by atoms with Gasteiger partial charge in [-0.05, 0) is 23.5 Å². The third kappa shape index (κ3) is 1.16. The van der Waals surface area contributed by atoms with Crippen LogP contribution in [0.4, 0.5) is 5.69 Å². The van der Waals surface area contributed by atoms with E-state index in [9.17, 15) is 0 Å². The largest absolute Gasteiger partial charge is 0.380 e. The number of fused-ring (bicyclic) bond motifs is 2. The first kappa shape index (κ1) is 8.12. The number of thioether (sulfide) groups is 1. The lowest BCUT2D eigenvalue weighted by Gasteiger charge is -2.24. The molecule has 0 atom stereocenters. The standard InChI is InChI=1S/C11H10N2S/c1-2-8-9-6-12-4-3-10(9)13-7-11(8)14-5-1/h1,3-6,13H,2,7H2. The Balaban J connectivity index is 2.14. The van der Waals surface area contributed by atoms with Crippen LogP contribution in [0, 0.1) is 0 Å². The van der Waals surface area contributed by atoms with Gasteiger partial charge in [-0.2, -0.15) is 0 Å². The van der Waals surface area contributed by atoms with Crippen molar-refractivity contribution in [1.29, 1.82) is 0 Å². The van der Waals surface area contributed by atoms with E-state index in [4.69, 9.17) is 0 Å². The van der Waals surface area contributed by atoms with Crippen molar-refractivity contribution < 1.29 is 0 Å². The predicted octanol–water partition coefficient (Wildman–Crippen LogP) is 2.87. The van der Waals surface area contributed by atoms with E-state index in [2.05, 4.69) is 21.8 Å². The summed E-state index contributed by atoms with van der Waals surface area (Å²) in [5.41, 5.74) is 3.93. The van der Waals surface area contributed by atoms with Gasteiger partial charge < -0.3 is 5.32 Å². The van der Waals surface area contributed by atoms with Gasteiger partial charge in [0.1, 0.15) is 0 Å². The van der Waals surface area contributed by atoms with E-state index in [1.54, 1.807) is 0 Å². The van der Waals surface area contributed by atoms with E-state index in [1.807, 2.05) is 30.2 Å². The minimum absolute atomic E-state index is 0.960. The van der Waals surface area contributed by atoms with Gasteiger partial charge in [-0.3, -0.25) is 4.98 Å². The summed E-state index contributed by atoms with van der Waals surface area (Å²) in [7, 11) is 0. The summed E-state index contributed by atoms with van der Waals surface area (Å²) in [6, 6.07) is 2.04. The fourth-order valence-electron chi connectivity index (χ4n) is 1.85. The maximum absolute atomic E-state index is 4.18. The molecule has 0 spiro atoms. The van der Waals surface area contributed by atoms with Crippen LogP contribution in [0.15, 0.2) is 34.8 Å². The van der Waals surface area contributed by atoms with E-state index in [0.717, 1.165) is 13.0 Å². The quantitative estimate of drug-likeness (QED) is 0.700. The Morgan fingerprint density at radius 2 is 2.43 bits per heavy atom. The second kappa shape index (κ2) is 3.17. The van der Waals surface area contributed by atoms with Crippen LogP contribution in [0.3, 0.4) is 0 Å². The molecule has 0 unspecified atom stereocenters. The Labute approximate surface area is 87.1 Å². The average Bonchev–Trinajstić information content (AvgIpc) is 2.29. The van der Waals surface area contributed by atoms with E-state index in [-0.39, 0.29) is 0 Å². The number of aromatic nitrogens is 1. The molecule has 3 heteroatoms. The molecule has 0 bridgehead atoms. The number of rotatable bonds is 0. The molecule has 2 nitrogen and oxygen atoms in total. The molecule has 1 N–H and O–H groups in total. The molecule has 0 saturated heterocycles. The Morgan fingerprint density at radius 1 is 1.43 bits per heavy atom. The molecule has 0 radical (unpaired) electrons. The topological polar surface area (TPSA) is 24.9 Å². The first-order valence-electron chi connectivity index (χ1n) is 4.67. The van der Waals surface area contributed by atoms with Gasteiger partial charge in [-0.15, -0.1) is 11.8 Å². The van der Waals surface area contributed by atoms with Gasteiger partial charge in [0.05, 0.1) is 0 Å². The van der Waals surface area contributed by atoms with Gasteiger partial charge in [0.2, 0.25) is 0 Å². The fourth-order valence-corrected chi connectivity index (χ4v) is 2.70. The first-order valence-corrected chi connectivity index (χ1v) is 5.55. The molecule has 2 aliphatic heterocycles. The van der Waals surface area contributed by atoms with Crippen molar-refractivity contribution in [3.05, 3.63) is 40.4 Å². The van der Waals surface area contributed by atoms with E-state index in [0.29, 0.717) is 0 Å². The molecule has 0 saturated carbocycles. The van der Waals surface area contributed by atoms with Crippen molar-refractivity contribution in [3.8, 4) is 0 Å². The van der Waals surface area contributed by atoms with Crippen molar-refractivity contribution in [2.45, 2.75) is 6.42 Å². The number of hydrogen-bond donors (Lipinski definition) is 1. The molecule has 3 heterocycles. The highest BCUT2D eigenvalue weighted by Gasteiger charge is 2.19. The summed E-state index contributed by atoms with van der Waals surface area (Å²) in [5, 5.41) is 5.58. The molecule has 0 fully saturated rings. The minimum Gasteiger partial charge on any atom is -0.380 e. The predicted molar refractivity (Wildman–Crippen MR) is 61.0 cm³/mol. The zero-order chi connectivity index (χ0) is 9.38. The first-order chi connectivity index (χ1) is 6.95. The highest BCUT2D eigenvalue weighted by atomic mass is 32.2. The lowest BCUT2D eigenvalue weighted by molar-refractivity contribution is 1.19. The van der Waals surface area contributed by atoms with Crippen LogP contribution >= 0.6 is 11.8 Å². The zero-order valence-corrected chi connectivity index (χ0v) is 8.47. The van der Waals surface area contributed by atoms with Gasteiger partial charge in [0, 0.05) is 35.1 Å². The number of nitrogens with one attached hydrogen (secondary N) is 1. The number of pyridine rings is 1. The smallest absolute Gasteiger partial charge is 0.0466 e. The molecular formula is C11H10N2S. The Hall–Kier alpha value is -1.22. The highest BCUT2D eigenvalue weighted by Crippen LogP contribution is 2.40. The van der Waals surface area contributed by atoms with Crippen molar-refractivity contribution in [1.82, 2.24) is 4.98 Å². The van der Waals surface area contributed by atoms with Crippen LogP contribution in [0.5, 0.6) is 0 Å². The van der Waals surface area contributed by atoms with Crippen LogP contribution in [-0.2, 0) is 0 Å². The number of allylic oxidation sites excluding steroid dienone is 2. The van der Waals surface area contributed by atoms with Gasteiger partial charge in [0.25, 0.3) is 0 Å². The highest BCUT2D eigenvalue weighted by molar-refractivity contribution is 8.06. The molecule has 14 heavy (non-hydrogen) atoms. The average molecular weight is 202 g/mol. The molecule has 0 amide bonds. The normalized spacial score (nSPS) is 18.6. The maximum atomic E-state index is 4.18. The Bertz CT molecular complexity index is 435. The molecule has 0 aromatic carbocycles. The van der Waals surface area contributed by atoms with Crippen LogP contribution in [-0.4, -0.2) is 11.5 Å². The number of anilines is 1. The van der Waals surface area contributed by atoms with Crippen LogP contribution in [0.25, 0.3) is 5.57 Å². The molecule has 1 aromatic heterocycles. The van der Waals surface area contributed by atoms with Crippen molar-refractivity contribution >= 4 is 23.0 Å². The van der Waals surface area contributed by atoms with Gasteiger partial charge in [0.15, 0.2) is 0 Å². The fraction of sp³-hybridized carbons (Fsp3) is 0.182. The summed E-state index contributed by atoms with van der Waals surface area (Å²) < 4.78 is 0. The maximum Gasteiger partial charge on any atom is 0.0466 e. The van der Waals surface area contributed by atoms with Crippen molar-refractivity contribution in [3.63, 3.8) is 0 Å². The summed E-state index contributed by atoms with van der Waals surface area (Å²) >= 11 is 1.82. The summed E-state index contributed by atoms with van der Waals surface area (Å²) in [5.74, 6) is 0. The molecule has 70 valence electrons. The molecule has 0 aliphatic carbocycles. The molecule has 1 aromatic rings. The lowest BCUT2D eigenvalue weighted by Crippen LogP contribution is -2.13. The monoisotopic (exact) mass is 202 g/mol. The summed E-state index contributed by atoms with van der Waals surface area (Å²) in [4.78, 5) is 5.62. The Kier molecular flexibility index (Phi) is 1.84. The number of hydrogen-bond acceptors (Lipinski definition) is 3. The molecular weight excluding hydrogens is 192 g/mol. The van der Waals surface area contributed by atoms with Crippen molar-refractivity contribution in [2.75, 3.05) is 11.9 Å². The van der Waals surface area contributed by atoms with E-state index < -0.39 is 0 Å². The van der Waals surface area contributed by atoms with Crippen molar-refractivity contribution in [2.24, 2.45) is 0 Å². The van der Waals surface area contributed by atoms with E-state index >= 15 is 0 Å². The van der Waals surface area contributed by atoms with Crippen LogP contribution in [0.2, 0.25) is 0 Å². The Morgan fingerprint density at radius 3 is 3.43 bits per heavy atom. The lowest BCUT2D eigenvalue weighted by atomic mass is 9.99. The molecule has 2 aliphatic rings. The second-order valence-corrected chi connectivity index (χ2v) is 4.37. The molecule has 3 rings (SSSR count). The summed E-state index contributed by atoms with van der Waals surface area (Å²) in [6.07, 6.45) is 7.05. The second-order valence-electron chi connectivity index (χ2n) is 3.37.